The Kier molecular flexibility index (Phi) is 6.43. The second-order valence-corrected chi connectivity index (χ2v) is 12.1. The SMILES string of the molecule is Cc1ccc(C(=O)CN(C(=O)c2ccc(Cl)cc2)N2C(=O)[C@@H]3[C@H]4C[C@@H]([C@H](Br)[C@H]4Br)[C@H]3C2=O)cc1C. The van der Waals surface area contributed by atoms with E-state index in [1.165, 1.54) is 12.1 Å². The Morgan fingerprint density at radius 2 is 1.46 bits per heavy atom. The summed E-state index contributed by atoms with van der Waals surface area (Å²) in [5, 5.41) is 2.41. The minimum absolute atomic E-state index is 0.00115. The van der Waals surface area contributed by atoms with E-state index in [4.69, 9.17) is 11.6 Å². The maximum absolute atomic E-state index is 13.6. The van der Waals surface area contributed by atoms with Crippen LogP contribution in [0.5, 0.6) is 0 Å². The van der Waals surface area contributed by atoms with Crippen LogP contribution in [0.4, 0.5) is 0 Å². The van der Waals surface area contributed by atoms with Gasteiger partial charge in [-0.2, -0.15) is 5.01 Å². The van der Waals surface area contributed by atoms with Crippen LogP contribution in [-0.4, -0.2) is 49.7 Å². The van der Waals surface area contributed by atoms with Gasteiger partial charge in [0.1, 0.15) is 6.54 Å². The van der Waals surface area contributed by atoms with Crippen molar-refractivity contribution in [2.24, 2.45) is 23.7 Å². The number of hydrazine groups is 1. The number of ketones is 1. The van der Waals surface area contributed by atoms with E-state index in [2.05, 4.69) is 31.9 Å². The first-order valence-electron chi connectivity index (χ1n) is 11.4. The monoisotopic (exact) mass is 620 g/mol. The van der Waals surface area contributed by atoms with Crippen molar-refractivity contribution in [2.75, 3.05) is 6.54 Å². The standard InChI is InChI=1S/C26H23Br2ClN2O4/c1-12-3-4-15(9-13(12)2)19(32)11-30(24(33)14-5-7-16(29)8-6-14)31-25(34)20-17-10-18(21(20)26(31)35)23(28)22(17)27/h3-9,17-18,20-23H,10-11H2,1-2H3/t17-,18-,20-,21-,22+,23+/m1/s1. The van der Waals surface area contributed by atoms with Gasteiger partial charge in [-0.15, -0.1) is 0 Å². The summed E-state index contributed by atoms with van der Waals surface area (Å²) in [5.41, 5.74) is 2.64. The van der Waals surface area contributed by atoms with E-state index >= 15 is 0 Å². The molecule has 2 aromatic carbocycles. The third kappa shape index (κ3) is 3.98. The molecule has 1 heterocycles. The molecule has 3 amide bonds. The molecule has 9 heteroatoms. The number of alkyl halides is 2. The largest absolute Gasteiger partial charge is 0.292 e. The van der Waals surface area contributed by atoms with Gasteiger partial charge in [-0.1, -0.05) is 55.6 Å². The normalized spacial score (nSPS) is 29.0. The van der Waals surface area contributed by atoms with Crippen LogP contribution in [0.2, 0.25) is 5.02 Å². The summed E-state index contributed by atoms with van der Waals surface area (Å²) < 4.78 is 0. The number of nitrogens with zero attached hydrogens (tertiary/aromatic N) is 2. The van der Waals surface area contributed by atoms with Crippen LogP contribution in [0.15, 0.2) is 42.5 Å². The van der Waals surface area contributed by atoms with Gasteiger partial charge < -0.3 is 0 Å². The zero-order valence-corrected chi connectivity index (χ0v) is 23.0. The van der Waals surface area contributed by atoms with E-state index in [1.807, 2.05) is 19.9 Å². The predicted molar refractivity (Wildman–Crippen MR) is 139 cm³/mol. The van der Waals surface area contributed by atoms with Crippen molar-refractivity contribution >= 4 is 67.0 Å². The number of hydrogen-bond donors (Lipinski definition) is 0. The number of aryl methyl sites for hydroxylation is 2. The van der Waals surface area contributed by atoms with Gasteiger partial charge in [0.05, 0.1) is 11.8 Å². The van der Waals surface area contributed by atoms with Gasteiger partial charge in [-0.05, 0) is 73.6 Å². The number of carbonyl (C=O) groups excluding carboxylic acids is 4. The zero-order chi connectivity index (χ0) is 25.2. The zero-order valence-electron chi connectivity index (χ0n) is 19.1. The van der Waals surface area contributed by atoms with E-state index in [1.54, 1.807) is 24.3 Å². The second-order valence-electron chi connectivity index (χ2n) is 9.58. The van der Waals surface area contributed by atoms with Gasteiger partial charge in [-0.3, -0.25) is 19.2 Å². The predicted octanol–water partition coefficient (Wildman–Crippen LogP) is 4.97. The summed E-state index contributed by atoms with van der Waals surface area (Å²) >= 11 is 13.3. The van der Waals surface area contributed by atoms with E-state index in [9.17, 15) is 19.2 Å². The average molecular weight is 623 g/mol. The third-order valence-corrected chi connectivity index (χ3v) is 11.1. The smallest absolute Gasteiger partial charge is 0.273 e. The molecule has 2 aromatic rings. The highest BCUT2D eigenvalue weighted by Gasteiger charge is 2.67. The van der Waals surface area contributed by atoms with E-state index in [-0.39, 0.29) is 32.8 Å². The highest BCUT2D eigenvalue weighted by molar-refractivity contribution is 9.12. The lowest BCUT2D eigenvalue weighted by Gasteiger charge is -2.31. The Balaban J connectivity index is 1.51. The first kappa shape index (κ1) is 24.7. The van der Waals surface area contributed by atoms with Gasteiger partial charge >= 0.3 is 0 Å². The molecule has 2 saturated carbocycles. The molecular weight excluding hydrogens is 600 g/mol. The maximum atomic E-state index is 13.6. The molecule has 2 bridgehead atoms. The Morgan fingerprint density at radius 3 is 2.00 bits per heavy atom. The topological polar surface area (TPSA) is 74.8 Å². The molecule has 1 saturated heterocycles. The molecule has 3 fully saturated rings. The summed E-state index contributed by atoms with van der Waals surface area (Å²) in [6.07, 6.45) is 0.777. The van der Waals surface area contributed by atoms with E-state index in [0.717, 1.165) is 27.6 Å². The number of hydrogen-bond acceptors (Lipinski definition) is 4. The van der Waals surface area contributed by atoms with Crippen molar-refractivity contribution in [2.45, 2.75) is 29.9 Å². The third-order valence-electron chi connectivity index (χ3n) is 7.65. The number of halogens is 3. The number of Topliss-reactive ketones (excluding diaryl/α,β-unsaturated/α-hetero) is 1. The summed E-state index contributed by atoms with van der Waals surface area (Å²) in [7, 11) is 0. The maximum Gasteiger partial charge on any atom is 0.273 e. The van der Waals surface area contributed by atoms with Gasteiger partial charge in [0.15, 0.2) is 5.78 Å². The van der Waals surface area contributed by atoms with Crippen LogP contribution < -0.4 is 0 Å². The first-order valence-corrected chi connectivity index (χ1v) is 13.6. The highest BCUT2D eigenvalue weighted by atomic mass is 79.9. The fourth-order valence-electron chi connectivity index (χ4n) is 5.69. The highest BCUT2D eigenvalue weighted by Crippen LogP contribution is 2.60. The minimum Gasteiger partial charge on any atom is -0.292 e. The van der Waals surface area contributed by atoms with Crippen LogP contribution in [-0.2, 0) is 9.59 Å². The molecule has 1 aliphatic heterocycles. The van der Waals surface area contributed by atoms with Gasteiger partial charge in [0.25, 0.3) is 17.7 Å². The molecule has 0 spiro atoms. The van der Waals surface area contributed by atoms with Crippen LogP contribution in [0.1, 0.15) is 38.3 Å². The molecule has 5 rings (SSSR count). The number of imide groups is 1. The molecule has 6 atom stereocenters. The molecule has 0 unspecified atom stereocenters. The Hall–Kier alpha value is -2.03. The molecule has 3 aliphatic rings. The van der Waals surface area contributed by atoms with Gasteiger partial charge in [-0.25, -0.2) is 5.01 Å². The van der Waals surface area contributed by atoms with Crippen molar-refractivity contribution in [3.63, 3.8) is 0 Å². The summed E-state index contributed by atoms with van der Waals surface area (Å²) in [5.74, 6) is -2.77. The van der Waals surface area contributed by atoms with Crippen molar-refractivity contribution in [3.05, 3.63) is 69.7 Å². The van der Waals surface area contributed by atoms with Crippen molar-refractivity contribution in [1.82, 2.24) is 10.0 Å². The second kappa shape index (κ2) is 9.12. The van der Waals surface area contributed by atoms with Crippen molar-refractivity contribution in [3.8, 4) is 0 Å². The molecular formula is C26H23Br2ClN2O4. The Labute approximate surface area is 225 Å². The molecule has 2 aliphatic carbocycles. The van der Waals surface area contributed by atoms with Gasteiger partial charge in [0, 0.05) is 25.8 Å². The van der Waals surface area contributed by atoms with Crippen LogP contribution in [0, 0.1) is 37.5 Å². The molecule has 0 aromatic heterocycles. The number of carbonyl (C=O) groups is 4. The molecule has 182 valence electrons. The van der Waals surface area contributed by atoms with Crippen molar-refractivity contribution < 1.29 is 19.2 Å². The van der Waals surface area contributed by atoms with Gasteiger partial charge in [0.2, 0.25) is 0 Å². The summed E-state index contributed by atoms with van der Waals surface area (Å²) in [6.45, 7) is 3.43. The Bertz CT molecular complexity index is 1220. The fraction of sp³-hybridized carbons (Fsp3) is 0.385. The quantitative estimate of drug-likeness (QED) is 0.268. The molecule has 6 nitrogen and oxygen atoms in total. The summed E-state index contributed by atoms with van der Waals surface area (Å²) in [6, 6.07) is 11.5. The molecule has 35 heavy (non-hydrogen) atoms. The average Bonchev–Trinajstić information content (AvgIpc) is 3.44. The fourth-order valence-corrected chi connectivity index (χ4v) is 7.69. The minimum atomic E-state index is -0.598. The number of benzene rings is 2. The molecule has 0 N–H and O–H groups in total. The number of fused-ring (bicyclic) bond motifs is 5. The first-order chi connectivity index (χ1) is 16.6. The van der Waals surface area contributed by atoms with Crippen molar-refractivity contribution in [1.29, 1.82) is 0 Å². The summed E-state index contributed by atoms with van der Waals surface area (Å²) in [4.78, 5) is 54.3. The Morgan fingerprint density at radius 1 is 0.914 bits per heavy atom. The van der Waals surface area contributed by atoms with E-state index < -0.39 is 36.1 Å². The van der Waals surface area contributed by atoms with Crippen LogP contribution >= 0.6 is 43.5 Å². The number of rotatable bonds is 5. The number of amides is 3. The molecule has 0 radical (unpaired) electrons. The lowest BCUT2D eigenvalue weighted by Crippen LogP contribution is -2.52. The lowest BCUT2D eigenvalue weighted by molar-refractivity contribution is -0.154. The van der Waals surface area contributed by atoms with E-state index in [0.29, 0.717) is 10.6 Å². The van der Waals surface area contributed by atoms with Crippen LogP contribution in [0.25, 0.3) is 0 Å². The van der Waals surface area contributed by atoms with Crippen LogP contribution in [0.3, 0.4) is 0 Å². The lowest BCUT2D eigenvalue weighted by atomic mass is 9.81.